The minimum atomic E-state index is -0.128. The van der Waals surface area contributed by atoms with Gasteiger partial charge >= 0.3 is 0 Å². The molecule has 0 radical (unpaired) electrons. The highest BCUT2D eigenvalue weighted by Crippen LogP contribution is 2.31. The number of nitrogens with zero attached hydrogens (tertiary/aromatic N) is 3. The Hall–Kier alpha value is -2.63. The van der Waals surface area contributed by atoms with Gasteiger partial charge in [-0.15, -0.1) is 0 Å². The van der Waals surface area contributed by atoms with Gasteiger partial charge in [0.25, 0.3) is 5.56 Å². The molecule has 1 amide bonds. The van der Waals surface area contributed by atoms with Crippen LogP contribution in [0.5, 0.6) is 0 Å². The molecule has 0 fully saturated rings. The van der Waals surface area contributed by atoms with Crippen molar-refractivity contribution < 1.29 is 4.79 Å². The van der Waals surface area contributed by atoms with Crippen molar-refractivity contribution >= 4 is 23.1 Å². The predicted molar refractivity (Wildman–Crippen MR) is 94.8 cm³/mol. The van der Waals surface area contributed by atoms with E-state index >= 15 is 0 Å². The minimum Gasteiger partial charge on any atom is -0.336 e. The highest BCUT2D eigenvalue weighted by Gasteiger charge is 2.22. The van der Waals surface area contributed by atoms with Gasteiger partial charge in [0.1, 0.15) is 0 Å². The molecule has 1 aromatic heterocycles. The topological polar surface area (TPSA) is 67.2 Å². The largest absolute Gasteiger partial charge is 0.336 e. The molecule has 6 heteroatoms. The van der Waals surface area contributed by atoms with Crippen LogP contribution in [0.3, 0.4) is 0 Å². The van der Waals surface area contributed by atoms with E-state index in [2.05, 4.69) is 24.1 Å². The average Bonchev–Trinajstić information content (AvgIpc) is 2.94. The second kappa shape index (κ2) is 6.47. The van der Waals surface area contributed by atoms with Gasteiger partial charge in [-0.25, -0.2) is 4.98 Å². The first-order valence-electron chi connectivity index (χ1n) is 8.19. The maximum Gasteiger partial charge on any atom is 0.293 e. The maximum absolute atomic E-state index is 12.5. The molecular formula is C18H22N4O2. The summed E-state index contributed by atoms with van der Waals surface area (Å²) in [6.07, 6.45) is 4.17. The zero-order valence-electron chi connectivity index (χ0n) is 14.2. The van der Waals surface area contributed by atoms with E-state index in [1.807, 2.05) is 18.2 Å². The lowest BCUT2D eigenvalue weighted by Gasteiger charge is -2.15. The lowest BCUT2D eigenvalue weighted by atomic mass is 10.1. The molecule has 0 bridgehead atoms. The predicted octanol–water partition coefficient (Wildman–Crippen LogP) is 2.55. The molecule has 6 nitrogen and oxygen atoms in total. The number of carbonyl (C=O) groups excluding carboxylic acids is 1. The van der Waals surface area contributed by atoms with Crippen LogP contribution in [0.2, 0.25) is 0 Å². The molecule has 24 heavy (non-hydrogen) atoms. The Bertz CT molecular complexity index is 826. The van der Waals surface area contributed by atoms with Gasteiger partial charge in [-0.1, -0.05) is 13.8 Å². The summed E-state index contributed by atoms with van der Waals surface area (Å²) in [7, 11) is 0. The molecule has 0 atom stereocenters. The van der Waals surface area contributed by atoms with Crippen molar-refractivity contribution in [1.29, 1.82) is 0 Å². The van der Waals surface area contributed by atoms with Crippen molar-refractivity contribution in [2.45, 2.75) is 33.7 Å². The molecule has 0 spiro atoms. The molecule has 1 aliphatic rings. The van der Waals surface area contributed by atoms with E-state index in [4.69, 9.17) is 0 Å². The molecule has 2 aromatic rings. The van der Waals surface area contributed by atoms with Crippen LogP contribution in [0.1, 0.15) is 26.3 Å². The van der Waals surface area contributed by atoms with Gasteiger partial charge in [-0.05, 0) is 36.1 Å². The second-order valence-electron chi connectivity index (χ2n) is 6.52. The smallest absolute Gasteiger partial charge is 0.293 e. The van der Waals surface area contributed by atoms with Crippen LogP contribution in [-0.4, -0.2) is 22.0 Å². The molecule has 0 aliphatic carbocycles. The quantitative estimate of drug-likeness (QED) is 0.937. The zero-order valence-corrected chi connectivity index (χ0v) is 14.2. The summed E-state index contributed by atoms with van der Waals surface area (Å²) in [4.78, 5) is 30.0. The average molecular weight is 326 g/mol. The van der Waals surface area contributed by atoms with Crippen molar-refractivity contribution in [2.24, 2.45) is 5.92 Å². The van der Waals surface area contributed by atoms with E-state index < -0.39 is 0 Å². The molecular weight excluding hydrogens is 304 g/mol. The highest BCUT2D eigenvalue weighted by molar-refractivity contribution is 5.94. The fourth-order valence-electron chi connectivity index (χ4n) is 3.01. The van der Waals surface area contributed by atoms with Crippen LogP contribution in [0.15, 0.2) is 35.4 Å². The number of amides is 1. The van der Waals surface area contributed by atoms with Crippen molar-refractivity contribution in [3.05, 3.63) is 46.5 Å². The number of hydrogen-bond donors (Lipinski definition) is 1. The van der Waals surface area contributed by atoms with Gasteiger partial charge in [0.2, 0.25) is 5.91 Å². The number of benzene rings is 1. The van der Waals surface area contributed by atoms with Gasteiger partial charge in [0, 0.05) is 43.8 Å². The van der Waals surface area contributed by atoms with Crippen LogP contribution in [0.4, 0.5) is 17.2 Å². The molecule has 0 unspecified atom stereocenters. The van der Waals surface area contributed by atoms with Gasteiger partial charge < -0.3 is 14.8 Å². The van der Waals surface area contributed by atoms with E-state index in [0.29, 0.717) is 24.8 Å². The van der Waals surface area contributed by atoms with Gasteiger partial charge in [0.15, 0.2) is 5.82 Å². The summed E-state index contributed by atoms with van der Waals surface area (Å²) in [5.74, 6) is 0.755. The third-order valence-electron chi connectivity index (χ3n) is 4.09. The fourth-order valence-corrected chi connectivity index (χ4v) is 3.01. The minimum absolute atomic E-state index is 0.0516. The van der Waals surface area contributed by atoms with E-state index in [-0.39, 0.29) is 11.5 Å². The van der Waals surface area contributed by atoms with Crippen molar-refractivity contribution in [3.8, 4) is 0 Å². The molecule has 2 heterocycles. The first-order chi connectivity index (χ1) is 11.5. The van der Waals surface area contributed by atoms with Crippen LogP contribution < -0.4 is 15.8 Å². The summed E-state index contributed by atoms with van der Waals surface area (Å²) >= 11 is 0. The SMILES string of the molecule is CC(=O)N1CCc2cc(Nc3nccn(CC(C)C)c3=O)ccc21. The number of carbonyl (C=O) groups is 1. The fraction of sp³-hybridized carbons (Fsp3) is 0.389. The lowest BCUT2D eigenvalue weighted by Crippen LogP contribution is -2.25. The lowest BCUT2D eigenvalue weighted by molar-refractivity contribution is -0.116. The van der Waals surface area contributed by atoms with E-state index in [0.717, 1.165) is 23.4 Å². The first-order valence-corrected chi connectivity index (χ1v) is 8.19. The maximum atomic E-state index is 12.5. The molecule has 1 aliphatic heterocycles. The van der Waals surface area contributed by atoms with Crippen LogP contribution in [0, 0.1) is 5.92 Å². The van der Waals surface area contributed by atoms with Gasteiger partial charge in [-0.3, -0.25) is 9.59 Å². The van der Waals surface area contributed by atoms with E-state index in [1.165, 1.54) is 0 Å². The molecule has 0 saturated heterocycles. The first kappa shape index (κ1) is 16.2. The Labute approximate surface area is 141 Å². The summed E-state index contributed by atoms with van der Waals surface area (Å²) in [6.45, 7) is 7.08. The van der Waals surface area contributed by atoms with Gasteiger partial charge in [0.05, 0.1) is 0 Å². The normalized spacial score (nSPS) is 13.2. The third-order valence-corrected chi connectivity index (χ3v) is 4.09. The molecule has 0 saturated carbocycles. The molecule has 1 aromatic carbocycles. The Balaban J connectivity index is 1.85. The Morgan fingerprint density at radius 3 is 2.88 bits per heavy atom. The molecule has 126 valence electrons. The second-order valence-corrected chi connectivity index (χ2v) is 6.52. The summed E-state index contributed by atoms with van der Waals surface area (Å²) < 4.78 is 1.67. The van der Waals surface area contributed by atoms with Crippen molar-refractivity contribution in [1.82, 2.24) is 9.55 Å². The summed E-state index contributed by atoms with van der Waals surface area (Å²) in [5, 5.41) is 3.11. The number of aromatic nitrogens is 2. The van der Waals surface area contributed by atoms with Crippen LogP contribution in [-0.2, 0) is 17.8 Å². The third kappa shape index (κ3) is 3.18. The number of fused-ring (bicyclic) bond motifs is 1. The van der Waals surface area contributed by atoms with Gasteiger partial charge in [-0.2, -0.15) is 0 Å². The van der Waals surface area contributed by atoms with Crippen LogP contribution >= 0.6 is 0 Å². The zero-order chi connectivity index (χ0) is 17.3. The Kier molecular flexibility index (Phi) is 4.38. The number of hydrogen-bond acceptors (Lipinski definition) is 4. The van der Waals surface area contributed by atoms with E-state index in [1.54, 1.807) is 28.8 Å². The Morgan fingerprint density at radius 2 is 2.17 bits per heavy atom. The van der Waals surface area contributed by atoms with Crippen molar-refractivity contribution in [2.75, 3.05) is 16.8 Å². The molecule has 3 rings (SSSR count). The number of rotatable bonds is 4. The summed E-state index contributed by atoms with van der Waals surface area (Å²) in [6, 6.07) is 5.78. The van der Waals surface area contributed by atoms with Crippen molar-refractivity contribution in [3.63, 3.8) is 0 Å². The highest BCUT2D eigenvalue weighted by atomic mass is 16.2. The standard InChI is InChI=1S/C18H22N4O2/c1-12(2)11-21-9-7-19-17(18(21)24)20-15-4-5-16-14(10-15)6-8-22(16)13(3)23/h4-5,7,9-10,12H,6,8,11H2,1-3H3,(H,19,20). The molecule has 1 N–H and O–H groups in total. The van der Waals surface area contributed by atoms with Crippen LogP contribution in [0.25, 0.3) is 0 Å². The Morgan fingerprint density at radius 1 is 1.38 bits per heavy atom. The number of anilines is 3. The van der Waals surface area contributed by atoms with E-state index in [9.17, 15) is 9.59 Å². The number of nitrogens with one attached hydrogen (secondary N) is 1. The summed E-state index contributed by atoms with van der Waals surface area (Å²) in [5.41, 5.74) is 2.74. The monoisotopic (exact) mass is 326 g/mol.